The first-order valence-corrected chi connectivity index (χ1v) is 5.73. The maximum absolute atomic E-state index is 13.4. The number of aromatic nitrogens is 1. The molecular formula is C12H10BrFN2O. The van der Waals surface area contributed by atoms with Gasteiger partial charge in [-0.3, -0.25) is 0 Å². The van der Waals surface area contributed by atoms with Gasteiger partial charge in [0, 0.05) is 16.2 Å². The standard InChI is InChI=1S/C12H10BrFN2O/c13-9-2-3-11(10(14)5-9)17-7-8-1-4-12(15)16-6-8/h1-6H,7H2,(H2,15,16). The third kappa shape index (κ3) is 3.17. The zero-order valence-electron chi connectivity index (χ0n) is 8.86. The van der Waals surface area contributed by atoms with Crippen molar-refractivity contribution in [3.05, 3.63) is 52.4 Å². The van der Waals surface area contributed by atoms with Crippen LogP contribution in [0.5, 0.6) is 5.75 Å². The SMILES string of the molecule is Nc1ccc(COc2ccc(Br)cc2F)cn1. The fourth-order valence-corrected chi connectivity index (χ4v) is 1.61. The van der Waals surface area contributed by atoms with Crippen LogP contribution in [-0.4, -0.2) is 4.98 Å². The molecule has 1 aromatic carbocycles. The summed E-state index contributed by atoms with van der Waals surface area (Å²) in [6.07, 6.45) is 1.60. The van der Waals surface area contributed by atoms with Gasteiger partial charge >= 0.3 is 0 Å². The minimum atomic E-state index is -0.400. The number of pyridine rings is 1. The molecule has 5 heteroatoms. The summed E-state index contributed by atoms with van der Waals surface area (Å²) in [6.45, 7) is 0.256. The van der Waals surface area contributed by atoms with Gasteiger partial charge in [0.25, 0.3) is 0 Å². The number of nitrogen functional groups attached to an aromatic ring is 1. The van der Waals surface area contributed by atoms with Crippen LogP contribution >= 0.6 is 15.9 Å². The Morgan fingerprint density at radius 3 is 2.76 bits per heavy atom. The third-order valence-corrected chi connectivity index (χ3v) is 2.63. The van der Waals surface area contributed by atoms with Gasteiger partial charge in [0.15, 0.2) is 11.6 Å². The molecule has 2 N–H and O–H groups in total. The predicted molar refractivity (Wildman–Crippen MR) is 67.1 cm³/mol. The molecular weight excluding hydrogens is 287 g/mol. The van der Waals surface area contributed by atoms with E-state index in [1.807, 2.05) is 0 Å². The first kappa shape index (κ1) is 11.9. The Bertz CT molecular complexity index is 516. The van der Waals surface area contributed by atoms with E-state index in [2.05, 4.69) is 20.9 Å². The molecule has 1 heterocycles. The third-order valence-electron chi connectivity index (χ3n) is 2.14. The molecule has 0 bridgehead atoms. The zero-order valence-corrected chi connectivity index (χ0v) is 10.4. The second kappa shape index (κ2) is 5.14. The van der Waals surface area contributed by atoms with Crippen LogP contribution in [0.1, 0.15) is 5.56 Å². The average molecular weight is 297 g/mol. The first-order chi connectivity index (χ1) is 8.15. The summed E-state index contributed by atoms with van der Waals surface area (Å²) in [5, 5.41) is 0. The van der Waals surface area contributed by atoms with Crippen LogP contribution in [0.15, 0.2) is 41.0 Å². The van der Waals surface area contributed by atoms with Gasteiger partial charge in [0.05, 0.1) is 0 Å². The second-order valence-electron chi connectivity index (χ2n) is 3.45. The normalized spacial score (nSPS) is 10.2. The highest BCUT2D eigenvalue weighted by Gasteiger charge is 2.04. The number of ether oxygens (including phenoxy) is 1. The van der Waals surface area contributed by atoms with Crippen LogP contribution in [0.25, 0.3) is 0 Å². The smallest absolute Gasteiger partial charge is 0.166 e. The zero-order chi connectivity index (χ0) is 12.3. The van der Waals surface area contributed by atoms with Crippen molar-refractivity contribution in [3.8, 4) is 5.75 Å². The van der Waals surface area contributed by atoms with Gasteiger partial charge in [-0.25, -0.2) is 9.37 Å². The maximum atomic E-state index is 13.4. The van der Waals surface area contributed by atoms with E-state index in [-0.39, 0.29) is 12.4 Å². The minimum absolute atomic E-state index is 0.213. The van der Waals surface area contributed by atoms with E-state index in [4.69, 9.17) is 10.5 Å². The Morgan fingerprint density at radius 1 is 1.29 bits per heavy atom. The molecule has 0 unspecified atom stereocenters. The van der Waals surface area contributed by atoms with Crippen LogP contribution in [0, 0.1) is 5.82 Å². The molecule has 88 valence electrons. The molecule has 0 aliphatic carbocycles. The Labute approximate surface area is 107 Å². The first-order valence-electron chi connectivity index (χ1n) is 4.93. The highest BCUT2D eigenvalue weighted by atomic mass is 79.9. The van der Waals surface area contributed by atoms with Crippen molar-refractivity contribution >= 4 is 21.7 Å². The number of nitrogens with zero attached hydrogens (tertiary/aromatic N) is 1. The Hall–Kier alpha value is -1.62. The molecule has 0 atom stereocenters. The largest absolute Gasteiger partial charge is 0.486 e. The highest BCUT2D eigenvalue weighted by molar-refractivity contribution is 9.10. The molecule has 0 radical (unpaired) electrons. The summed E-state index contributed by atoms with van der Waals surface area (Å²) < 4.78 is 19.4. The molecule has 0 aliphatic rings. The summed E-state index contributed by atoms with van der Waals surface area (Å²) in [4.78, 5) is 3.92. The molecule has 0 aliphatic heterocycles. The van der Waals surface area contributed by atoms with Gasteiger partial charge in [0.1, 0.15) is 12.4 Å². The van der Waals surface area contributed by atoms with Crippen molar-refractivity contribution in [1.82, 2.24) is 4.98 Å². The predicted octanol–water partition coefficient (Wildman–Crippen LogP) is 3.14. The summed E-state index contributed by atoms with van der Waals surface area (Å²) in [7, 11) is 0. The number of hydrogen-bond donors (Lipinski definition) is 1. The van der Waals surface area contributed by atoms with Crippen molar-refractivity contribution in [2.75, 3.05) is 5.73 Å². The molecule has 2 rings (SSSR count). The van der Waals surface area contributed by atoms with Gasteiger partial charge in [-0.05, 0) is 24.3 Å². The summed E-state index contributed by atoms with van der Waals surface area (Å²) in [5.41, 5.74) is 6.29. The Morgan fingerprint density at radius 2 is 2.12 bits per heavy atom. The van der Waals surface area contributed by atoms with Crippen molar-refractivity contribution in [3.63, 3.8) is 0 Å². The van der Waals surface area contributed by atoms with Crippen molar-refractivity contribution in [1.29, 1.82) is 0 Å². The molecule has 0 spiro atoms. The average Bonchev–Trinajstić information content (AvgIpc) is 2.30. The molecule has 0 saturated heterocycles. The van der Waals surface area contributed by atoms with E-state index >= 15 is 0 Å². The molecule has 0 amide bonds. The van der Waals surface area contributed by atoms with Gasteiger partial charge in [0.2, 0.25) is 0 Å². The molecule has 3 nitrogen and oxygen atoms in total. The lowest BCUT2D eigenvalue weighted by Gasteiger charge is -2.07. The summed E-state index contributed by atoms with van der Waals surface area (Å²) in [6, 6.07) is 8.12. The van der Waals surface area contributed by atoms with Gasteiger partial charge in [-0.2, -0.15) is 0 Å². The molecule has 0 saturated carbocycles. The van der Waals surface area contributed by atoms with Crippen LogP contribution in [-0.2, 0) is 6.61 Å². The van der Waals surface area contributed by atoms with Gasteiger partial charge < -0.3 is 10.5 Å². The summed E-state index contributed by atoms with van der Waals surface area (Å²) >= 11 is 3.18. The van der Waals surface area contributed by atoms with Crippen LogP contribution in [0.2, 0.25) is 0 Å². The van der Waals surface area contributed by atoms with E-state index in [0.29, 0.717) is 10.3 Å². The topological polar surface area (TPSA) is 48.1 Å². The highest BCUT2D eigenvalue weighted by Crippen LogP contribution is 2.22. The number of nitrogens with two attached hydrogens (primary N) is 1. The van der Waals surface area contributed by atoms with Crippen LogP contribution in [0.3, 0.4) is 0 Å². The number of anilines is 1. The van der Waals surface area contributed by atoms with E-state index in [1.165, 1.54) is 6.07 Å². The van der Waals surface area contributed by atoms with E-state index in [9.17, 15) is 4.39 Å². The maximum Gasteiger partial charge on any atom is 0.166 e. The Balaban J connectivity index is 2.04. The lowest BCUT2D eigenvalue weighted by molar-refractivity contribution is 0.290. The fraction of sp³-hybridized carbons (Fsp3) is 0.0833. The number of halogens is 2. The molecule has 2 aromatic rings. The quantitative estimate of drug-likeness (QED) is 0.946. The minimum Gasteiger partial charge on any atom is -0.486 e. The Kier molecular flexibility index (Phi) is 3.58. The molecule has 1 aromatic heterocycles. The molecule has 0 fully saturated rings. The summed E-state index contributed by atoms with van der Waals surface area (Å²) in [5.74, 6) is 0.261. The van der Waals surface area contributed by atoms with Crippen molar-refractivity contribution < 1.29 is 9.13 Å². The van der Waals surface area contributed by atoms with Gasteiger partial charge in [-0.15, -0.1) is 0 Å². The number of rotatable bonds is 3. The second-order valence-corrected chi connectivity index (χ2v) is 4.37. The van der Waals surface area contributed by atoms with E-state index < -0.39 is 5.82 Å². The number of benzene rings is 1. The lowest BCUT2D eigenvalue weighted by Crippen LogP contribution is -1.99. The monoisotopic (exact) mass is 296 g/mol. The van der Waals surface area contributed by atoms with Crippen molar-refractivity contribution in [2.45, 2.75) is 6.61 Å². The fourth-order valence-electron chi connectivity index (χ4n) is 1.27. The lowest BCUT2D eigenvalue weighted by atomic mass is 10.3. The van der Waals surface area contributed by atoms with Crippen LogP contribution in [0.4, 0.5) is 10.2 Å². The van der Waals surface area contributed by atoms with Crippen LogP contribution < -0.4 is 10.5 Å². The molecule has 17 heavy (non-hydrogen) atoms. The van der Waals surface area contributed by atoms with Crippen molar-refractivity contribution in [2.24, 2.45) is 0 Å². The van der Waals surface area contributed by atoms with E-state index in [0.717, 1.165) is 5.56 Å². The van der Waals surface area contributed by atoms with Gasteiger partial charge in [-0.1, -0.05) is 22.0 Å². The van der Waals surface area contributed by atoms with E-state index in [1.54, 1.807) is 30.5 Å². The number of hydrogen-bond acceptors (Lipinski definition) is 3.